The number of benzene rings is 1. The molecular weight excluding hydrogens is 360 g/mol. The van der Waals surface area contributed by atoms with E-state index >= 15 is 0 Å². The van der Waals surface area contributed by atoms with Gasteiger partial charge in [0.25, 0.3) is 5.56 Å². The Bertz CT molecular complexity index is 1360. The second-order valence-corrected chi connectivity index (χ2v) is 6.59. The summed E-state index contributed by atoms with van der Waals surface area (Å²) < 4.78 is 8.10. The average molecular weight is 376 g/mol. The maximum Gasteiger partial charge on any atom is 0.291 e. The van der Waals surface area contributed by atoms with E-state index < -0.39 is 0 Å². The molecule has 0 radical (unpaired) electrons. The number of hydrogen-bond acceptors (Lipinski definition) is 5. The van der Waals surface area contributed by atoms with E-state index in [1.165, 1.54) is 6.33 Å². The van der Waals surface area contributed by atoms with Crippen molar-refractivity contribution in [3.05, 3.63) is 65.2 Å². The minimum Gasteiger partial charge on any atom is -0.463 e. The largest absolute Gasteiger partial charge is 0.463 e. The number of imidazole rings is 1. The summed E-state index contributed by atoms with van der Waals surface area (Å²) in [6.45, 7) is 1.64. The molecule has 9 heteroatoms. The van der Waals surface area contributed by atoms with Crippen molar-refractivity contribution in [3.63, 3.8) is 0 Å². The van der Waals surface area contributed by atoms with Crippen LogP contribution in [0.4, 0.5) is 0 Å². The molecule has 4 heterocycles. The first-order valence-electron chi connectivity index (χ1n) is 8.78. The van der Waals surface area contributed by atoms with E-state index in [0.29, 0.717) is 16.9 Å². The van der Waals surface area contributed by atoms with E-state index in [9.17, 15) is 9.59 Å². The van der Waals surface area contributed by atoms with Crippen molar-refractivity contribution < 1.29 is 9.21 Å². The first kappa shape index (κ1) is 16.3. The molecule has 28 heavy (non-hydrogen) atoms. The van der Waals surface area contributed by atoms with Crippen molar-refractivity contribution in [1.82, 2.24) is 29.5 Å². The number of furan rings is 1. The van der Waals surface area contributed by atoms with Crippen molar-refractivity contribution in [1.29, 1.82) is 0 Å². The molecule has 0 saturated heterocycles. The molecule has 0 bridgehead atoms. The van der Waals surface area contributed by atoms with Crippen LogP contribution in [0.1, 0.15) is 18.8 Å². The lowest BCUT2D eigenvalue weighted by Crippen LogP contribution is -2.35. The van der Waals surface area contributed by atoms with Gasteiger partial charge in [0.2, 0.25) is 5.91 Å². The Balaban J connectivity index is 1.37. The third-order valence-electron chi connectivity index (χ3n) is 4.71. The summed E-state index contributed by atoms with van der Waals surface area (Å²) in [5, 5.41) is 6.95. The highest BCUT2D eigenvalue weighted by molar-refractivity contribution is 5.82. The number of carbonyl (C=O) groups excluding carboxylic acids is 1. The van der Waals surface area contributed by atoms with Gasteiger partial charge in [0, 0.05) is 12.1 Å². The molecule has 0 aliphatic carbocycles. The van der Waals surface area contributed by atoms with Crippen LogP contribution < -0.4 is 10.9 Å². The maximum absolute atomic E-state index is 12.6. The van der Waals surface area contributed by atoms with Gasteiger partial charge < -0.3 is 14.7 Å². The predicted octanol–water partition coefficient (Wildman–Crippen LogP) is 2.00. The van der Waals surface area contributed by atoms with Crippen LogP contribution in [-0.2, 0) is 11.3 Å². The van der Waals surface area contributed by atoms with Crippen LogP contribution in [0.25, 0.3) is 27.6 Å². The van der Waals surface area contributed by atoms with Crippen LogP contribution in [0, 0.1) is 0 Å². The number of H-pyrrole nitrogens is 1. The number of aromatic amines is 1. The monoisotopic (exact) mass is 376 g/mol. The number of nitrogens with zero attached hydrogens (tertiary/aromatic N) is 4. The van der Waals surface area contributed by atoms with Gasteiger partial charge in [-0.1, -0.05) is 12.1 Å². The summed E-state index contributed by atoms with van der Waals surface area (Å²) in [7, 11) is 0. The van der Waals surface area contributed by atoms with E-state index in [-0.39, 0.29) is 24.1 Å². The van der Waals surface area contributed by atoms with Gasteiger partial charge in [-0.05, 0) is 19.1 Å². The number of amides is 1. The van der Waals surface area contributed by atoms with Crippen molar-refractivity contribution in [2.75, 3.05) is 0 Å². The lowest BCUT2D eigenvalue weighted by Gasteiger charge is -2.12. The Kier molecular flexibility index (Phi) is 3.54. The maximum atomic E-state index is 12.6. The molecule has 5 aromatic rings. The van der Waals surface area contributed by atoms with Gasteiger partial charge in [-0.25, -0.2) is 9.67 Å². The molecule has 0 saturated carbocycles. The van der Waals surface area contributed by atoms with Crippen LogP contribution >= 0.6 is 0 Å². The highest BCUT2D eigenvalue weighted by Crippen LogP contribution is 2.18. The number of aromatic nitrogens is 5. The lowest BCUT2D eigenvalue weighted by atomic mass is 10.3. The van der Waals surface area contributed by atoms with Crippen molar-refractivity contribution in [2.24, 2.45) is 0 Å². The van der Waals surface area contributed by atoms with Gasteiger partial charge in [-0.2, -0.15) is 5.10 Å². The Morgan fingerprint density at radius 1 is 1.29 bits per heavy atom. The van der Waals surface area contributed by atoms with Gasteiger partial charge >= 0.3 is 0 Å². The van der Waals surface area contributed by atoms with Crippen LogP contribution in [0.3, 0.4) is 0 Å². The molecule has 9 nitrogen and oxygen atoms in total. The Morgan fingerprint density at radius 3 is 3.00 bits per heavy atom. The fraction of sp³-hybridized carbons (Fsp3) is 0.158. The Hall–Kier alpha value is -3.88. The number of carbonyl (C=O) groups is 1. The normalized spacial score (nSPS) is 12.8. The predicted molar refractivity (Wildman–Crippen MR) is 102 cm³/mol. The van der Waals surface area contributed by atoms with E-state index in [2.05, 4.69) is 20.4 Å². The van der Waals surface area contributed by atoms with Crippen LogP contribution in [0.2, 0.25) is 0 Å². The van der Waals surface area contributed by atoms with Gasteiger partial charge in [-0.3, -0.25) is 14.0 Å². The fourth-order valence-corrected chi connectivity index (χ4v) is 3.31. The third-order valence-corrected chi connectivity index (χ3v) is 4.71. The summed E-state index contributed by atoms with van der Waals surface area (Å²) >= 11 is 0. The molecule has 0 aliphatic rings. The fourth-order valence-electron chi connectivity index (χ4n) is 3.31. The Morgan fingerprint density at radius 2 is 2.14 bits per heavy atom. The SMILES string of the molecule is CC(NC(=O)Cn1ncn2c(cc3occc32)c1=O)c1nc2ccccc2[nH]1. The molecule has 0 spiro atoms. The summed E-state index contributed by atoms with van der Waals surface area (Å²) in [5.74, 6) is 0.319. The first-order valence-corrected chi connectivity index (χ1v) is 8.78. The van der Waals surface area contributed by atoms with E-state index in [1.807, 2.05) is 31.2 Å². The molecule has 4 aromatic heterocycles. The van der Waals surface area contributed by atoms with Crippen molar-refractivity contribution >= 4 is 33.6 Å². The zero-order valence-corrected chi connectivity index (χ0v) is 14.9. The molecule has 0 aliphatic heterocycles. The minimum absolute atomic E-state index is 0.188. The smallest absolute Gasteiger partial charge is 0.291 e. The average Bonchev–Trinajstić information content (AvgIpc) is 3.37. The molecule has 1 amide bonds. The lowest BCUT2D eigenvalue weighted by molar-refractivity contribution is -0.122. The van der Waals surface area contributed by atoms with Crippen LogP contribution in [0.15, 0.2) is 58.2 Å². The van der Waals surface area contributed by atoms with Gasteiger partial charge in [0.15, 0.2) is 5.58 Å². The summed E-state index contributed by atoms with van der Waals surface area (Å²) in [6, 6.07) is 10.7. The third kappa shape index (κ3) is 2.56. The molecule has 0 fully saturated rings. The molecule has 140 valence electrons. The minimum atomic E-state index is -0.361. The van der Waals surface area contributed by atoms with Crippen LogP contribution in [-0.4, -0.2) is 30.1 Å². The molecule has 1 aromatic carbocycles. The van der Waals surface area contributed by atoms with Gasteiger partial charge in [0.05, 0.1) is 28.9 Å². The number of para-hydroxylation sites is 2. The Labute approximate surface area is 157 Å². The quantitative estimate of drug-likeness (QED) is 0.498. The summed E-state index contributed by atoms with van der Waals surface area (Å²) in [5.41, 5.74) is 3.14. The highest BCUT2D eigenvalue weighted by Gasteiger charge is 2.16. The topological polar surface area (TPSA) is 110 Å². The second-order valence-electron chi connectivity index (χ2n) is 6.59. The summed E-state index contributed by atoms with van der Waals surface area (Å²) in [4.78, 5) is 32.8. The highest BCUT2D eigenvalue weighted by atomic mass is 16.3. The molecule has 1 unspecified atom stereocenters. The molecule has 2 N–H and O–H groups in total. The molecular formula is C19H16N6O3. The number of hydrogen-bond donors (Lipinski definition) is 2. The standard InChI is InChI=1S/C19H16N6O3/c1-11(18-22-12-4-2-3-5-13(12)23-18)21-17(26)9-25-19(27)15-8-16-14(6-7-28-16)24(15)10-20-25/h2-8,10-11H,9H2,1H3,(H,21,26)(H,22,23). The van der Waals surface area contributed by atoms with Crippen LogP contribution in [0.5, 0.6) is 0 Å². The van der Waals surface area contributed by atoms with E-state index in [4.69, 9.17) is 4.42 Å². The van der Waals surface area contributed by atoms with Crippen molar-refractivity contribution in [3.8, 4) is 0 Å². The summed E-state index contributed by atoms with van der Waals surface area (Å²) in [6.07, 6.45) is 3.06. The molecule has 1 atom stereocenters. The second kappa shape index (κ2) is 6.08. The number of nitrogens with one attached hydrogen (secondary N) is 2. The van der Waals surface area contributed by atoms with E-state index in [0.717, 1.165) is 21.2 Å². The number of rotatable bonds is 4. The zero-order valence-electron chi connectivity index (χ0n) is 14.9. The zero-order chi connectivity index (χ0) is 19.3. The van der Waals surface area contributed by atoms with Gasteiger partial charge in [-0.15, -0.1) is 0 Å². The van der Waals surface area contributed by atoms with Crippen molar-refractivity contribution in [2.45, 2.75) is 19.5 Å². The first-order chi connectivity index (χ1) is 13.6. The van der Waals surface area contributed by atoms with Gasteiger partial charge in [0.1, 0.15) is 24.2 Å². The van der Waals surface area contributed by atoms with E-state index in [1.54, 1.807) is 22.8 Å². The molecule has 5 rings (SSSR count). The number of fused-ring (bicyclic) bond motifs is 4.